The number of hydrogen-bond donors (Lipinski definition) is 1. The molecule has 0 saturated heterocycles. The van der Waals surface area contributed by atoms with E-state index in [2.05, 4.69) is 19.8 Å². The molecule has 0 spiro atoms. The second kappa shape index (κ2) is 4.87. The van der Waals surface area contributed by atoms with E-state index in [9.17, 15) is 9.59 Å². The molecule has 0 bridgehead atoms. The lowest BCUT2D eigenvalue weighted by Gasteiger charge is -2.01. The van der Waals surface area contributed by atoms with Crippen molar-refractivity contribution < 1.29 is 23.7 Å². The number of ether oxygens (including phenoxy) is 4. The van der Waals surface area contributed by atoms with Gasteiger partial charge in [-0.05, 0) is 13.0 Å². The minimum atomic E-state index is -0.943. The van der Waals surface area contributed by atoms with Crippen molar-refractivity contribution in [3.8, 4) is 17.5 Å². The largest absolute Gasteiger partial charge is 0.516 e. The van der Waals surface area contributed by atoms with Crippen LogP contribution in [0.3, 0.4) is 0 Å². The first kappa shape index (κ1) is 13.4. The Kier molecular flexibility index (Phi) is 2.83. The summed E-state index contributed by atoms with van der Waals surface area (Å²) in [6.45, 7) is 1.90. The van der Waals surface area contributed by atoms with Crippen LogP contribution in [0.25, 0.3) is 16.6 Å². The molecule has 10 heteroatoms. The molecule has 1 aliphatic rings. The average molecular weight is 318 g/mol. The fourth-order valence-electron chi connectivity index (χ4n) is 2.27. The third-order valence-corrected chi connectivity index (χ3v) is 3.21. The first-order chi connectivity index (χ1) is 11.2. The minimum absolute atomic E-state index is 0.107. The van der Waals surface area contributed by atoms with Gasteiger partial charge in [0, 0.05) is 11.5 Å². The Morgan fingerprint density at radius 2 is 2.17 bits per heavy atom. The first-order valence-corrected chi connectivity index (χ1v) is 6.72. The van der Waals surface area contributed by atoms with Gasteiger partial charge in [0.05, 0.1) is 12.1 Å². The molecule has 118 valence electrons. The molecule has 0 radical (unpaired) electrons. The van der Waals surface area contributed by atoms with Crippen LogP contribution in [0.4, 0.5) is 4.79 Å². The lowest BCUT2D eigenvalue weighted by Crippen LogP contribution is -2.17. The van der Waals surface area contributed by atoms with Crippen LogP contribution in [0, 0.1) is 0 Å². The number of H-pyrrole nitrogens is 1. The van der Waals surface area contributed by atoms with E-state index in [1.807, 2.05) is 0 Å². The van der Waals surface area contributed by atoms with Crippen LogP contribution in [0.5, 0.6) is 17.5 Å². The van der Waals surface area contributed by atoms with Gasteiger partial charge in [0.15, 0.2) is 17.1 Å². The highest BCUT2D eigenvalue weighted by atomic mass is 16.7. The number of carbonyl (C=O) groups is 1. The molecule has 10 nitrogen and oxygen atoms in total. The van der Waals surface area contributed by atoms with Crippen molar-refractivity contribution in [3.05, 3.63) is 22.6 Å². The van der Waals surface area contributed by atoms with Crippen LogP contribution in [-0.4, -0.2) is 39.1 Å². The molecule has 0 aliphatic carbocycles. The second-order valence-corrected chi connectivity index (χ2v) is 4.60. The highest BCUT2D eigenvalue weighted by molar-refractivity contribution is 5.93. The lowest BCUT2D eigenvalue weighted by molar-refractivity contribution is 0.101. The molecular weight excluding hydrogens is 308 g/mol. The standard InChI is InChI=1S/C13H10N4O6/c1-2-20-13(19)23-11-15-10-6-3-8-9(22-5-21-8)4-7(6)14-12(18)17(10)16-11/h3-4H,2,5H2,1H3,(H,14,18). The summed E-state index contributed by atoms with van der Waals surface area (Å²) in [5.41, 5.74) is 0.195. The summed E-state index contributed by atoms with van der Waals surface area (Å²) < 4.78 is 21.1. The molecule has 0 atom stereocenters. The van der Waals surface area contributed by atoms with Crippen LogP contribution in [0.2, 0.25) is 0 Å². The molecule has 4 rings (SSSR count). The van der Waals surface area contributed by atoms with E-state index in [1.165, 1.54) is 0 Å². The Hall–Kier alpha value is -3.30. The Balaban J connectivity index is 1.89. The zero-order chi connectivity index (χ0) is 16.0. The first-order valence-electron chi connectivity index (χ1n) is 6.72. The van der Waals surface area contributed by atoms with Gasteiger partial charge in [-0.3, -0.25) is 0 Å². The zero-order valence-electron chi connectivity index (χ0n) is 11.9. The molecule has 2 aromatic heterocycles. The van der Waals surface area contributed by atoms with Crippen LogP contribution >= 0.6 is 0 Å². The van der Waals surface area contributed by atoms with Crippen LogP contribution in [0.15, 0.2) is 16.9 Å². The topological polar surface area (TPSA) is 117 Å². The molecule has 1 aromatic carbocycles. The van der Waals surface area contributed by atoms with E-state index in [4.69, 9.17) is 14.2 Å². The van der Waals surface area contributed by atoms with Gasteiger partial charge >= 0.3 is 17.9 Å². The number of fused-ring (bicyclic) bond motifs is 4. The number of aromatic amines is 1. The zero-order valence-corrected chi connectivity index (χ0v) is 11.9. The van der Waals surface area contributed by atoms with Gasteiger partial charge in [-0.25, -0.2) is 9.59 Å². The van der Waals surface area contributed by atoms with E-state index >= 15 is 0 Å². The minimum Gasteiger partial charge on any atom is -0.454 e. The summed E-state index contributed by atoms with van der Waals surface area (Å²) >= 11 is 0. The Morgan fingerprint density at radius 1 is 1.39 bits per heavy atom. The summed E-state index contributed by atoms with van der Waals surface area (Å²) in [4.78, 5) is 30.1. The van der Waals surface area contributed by atoms with Crippen molar-refractivity contribution in [3.63, 3.8) is 0 Å². The summed E-state index contributed by atoms with van der Waals surface area (Å²) in [7, 11) is 0. The Labute approximate surface area is 127 Å². The number of carbonyl (C=O) groups excluding carboxylic acids is 1. The number of nitrogens with one attached hydrogen (secondary N) is 1. The summed E-state index contributed by atoms with van der Waals surface area (Å²) in [6.07, 6.45) is -0.943. The van der Waals surface area contributed by atoms with Crippen molar-refractivity contribution in [2.45, 2.75) is 6.92 Å². The van der Waals surface area contributed by atoms with Gasteiger partial charge in [-0.15, -0.1) is 5.10 Å². The number of rotatable bonds is 2. The number of benzene rings is 1. The monoisotopic (exact) mass is 318 g/mol. The van der Waals surface area contributed by atoms with Gasteiger partial charge in [0.1, 0.15) is 0 Å². The molecule has 1 aliphatic heterocycles. The maximum atomic E-state index is 12.1. The predicted molar refractivity (Wildman–Crippen MR) is 74.9 cm³/mol. The van der Waals surface area contributed by atoms with Gasteiger partial charge in [0.25, 0.3) is 0 Å². The van der Waals surface area contributed by atoms with Gasteiger partial charge in [-0.1, -0.05) is 0 Å². The molecule has 0 unspecified atom stereocenters. The van der Waals surface area contributed by atoms with E-state index < -0.39 is 11.8 Å². The van der Waals surface area contributed by atoms with Crippen molar-refractivity contribution >= 4 is 22.7 Å². The third-order valence-electron chi connectivity index (χ3n) is 3.21. The molecule has 1 N–H and O–H groups in total. The highest BCUT2D eigenvalue weighted by Crippen LogP contribution is 2.36. The van der Waals surface area contributed by atoms with Crippen LogP contribution < -0.4 is 19.9 Å². The van der Waals surface area contributed by atoms with Crippen LogP contribution in [-0.2, 0) is 4.74 Å². The quantitative estimate of drug-likeness (QED) is 0.691. The van der Waals surface area contributed by atoms with Crippen molar-refractivity contribution in [2.24, 2.45) is 0 Å². The van der Waals surface area contributed by atoms with Crippen molar-refractivity contribution in [1.29, 1.82) is 0 Å². The van der Waals surface area contributed by atoms with Gasteiger partial charge in [0.2, 0.25) is 6.79 Å². The SMILES string of the molecule is CCOC(=O)Oc1nc2c3cc4c(cc3[nH]c(=O)n2n1)OCO4. The Morgan fingerprint density at radius 3 is 2.96 bits per heavy atom. The average Bonchev–Trinajstić information content (AvgIpc) is 3.12. The van der Waals surface area contributed by atoms with E-state index in [-0.39, 0.29) is 25.1 Å². The maximum Gasteiger partial charge on any atom is 0.516 e. The third kappa shape index (κ3) is 2.11. The highest BCUT2D eigenvalue weighted by Gasteiger charge is 2.19. The number of nitrogens with zero attached hydrogens (tertiary/aromatic N) is 3. The van der Waals surface area contributed by atoms with Gasteiger partial charge in [-0.2, -0.15) is 9.50 Å². The smallest absolute Gasteiger partial charge is 0.454 e. The van der Waals surface area contributed by atoms with Crippen molar-refractivity contribution in [1.82, 2.24) is 19.6 Å². The fourth-order valence-corrected chi connectivity index (χ4v) is 2.27. The van der Waals surface area contributed by atoms with Crippen molar-refractivity contribution in [2.75, 3.05) is 13.4 Å². The molecular formula is C13H10N4O6. The predicted octanol–water partition coefficient (Wildman–Crippen LogP) is 0.835. The molecule has 3 aromatic rings. The molecule has 0 saturated carbocycles. The Bertz CT molecular complexity index is 991. The summed E-state index contributed by atoms with van der Waals surface area (Å²) in [5, 5.41) is 4.41. The lowest BCUT2D eigenvalue weighted by atomic mass is 10.2. The molecule has 0 amide bonds. The summed E-state index contributed by atoms with van der Waals surface area (Å²) in [5.74, 6) is 1.06. The van der Waals surface area contributed by atoms with E-state index in [0.717, 1.165) is 4.52 Å². The van der Waals surface area contributed by atoms with E-state index in [1.54, 1.807) is 19.1 Å². The summed E-state index contributed by atoms with van der Waals surface area (Å²) in [6, 6.07) is 3.03. The fraction of sp³-hybridized carbons (Fsp3) is 0.231. The molecule has 0 fully saturated rings. The maximum absolute atomic E-state index is 12.1. The van der Waals surface area contributed by atoms with Gasteiger partial charge < -0.3 is 23.9 Å². The molecule has 23 heavy (non-hydrogen) atoms. The second-order valence-electron chi connectivity index (χ2n) is 4.60. The number of hydrogen-bond acceptors (Lipinski definition) is 8. The van der Waals surface area contributed by atoms with E-state index in [0.29, 0.717) is 22.4 Å². The molecule has 3 heterocycles. The normalized spacial score (nSPS) is 12.7. The number of aromatic nitrogens is 4. The van der Waals surface area contributed by atoms with Crippen LogP contribution in [0.1, 0.15) is 6.92 Å².